The third-order valence-electron chi connectivity index (χ3n) is 5.77. The Kier molecular flexibility index (Phi) is 3.41. The molecule has 1 heterocycles. The fourth-order valence-electron chi connectivity index (χ4n) is 4.81. The van der Waals surface area contributed by atoms with Gasteiger partial charge in [-0.2, -0.15) is 13.2 Å². The Balaban J connectivity index is 1.76. The fourth-order valence-corrected chi connectivity index (χ4v) is 7.33. The topological polar surface area (TPSA) is 62.0 Å². The Hall–Kier alpha value is -1.79. The first-order valence-electron chi connectivity index (χ1n) is 7.93. The van der Waals surface area contributed by atoms with Gasteiger partial charge in [0.1, 0.15) is 0 Å². The number of fused-ring (bicyclic) bond motifs is 5. The van der Waals surface area contributed by atoms with E-state index in [0.717, 1.165) is 16.4 Å². The second-order valence-electron chi connectivity index (χ2n) is 6.98. The lowest BCUT2D eigenvalue weighted by Gasteiger charge is -2.25. The number of hydrogen-bond acceptors (Lipinski definition) is 3. The highest BCUT2D eigenvalue weighted by Gasteiger charge is 2.62. The van der Waals surface area contributed by atoms with Crippen LogP contribution in [0.2, 0.25) is 0 Å². The summed E-state index contributed by atoms with van der Waals surface area (Å²) in [6, 6.07) is 3.00. The number of aliphatic hydroxyl groups is 1. The molecule has 0 amide bonds. The second kappa shape index (κ2) is 5.11. The second-order valence-corrected chi connectivity index (χ2v) is 8.99. The lowest BCUT2D eigenvalue weighted by atomic mass is 9.86. The van der Waals surface area contributed by atoms with Crippen molar-refractivity contribution in [3.63, 3.8) is 0 Å². The van der Waals surface area contributed by atoms with E-state index in [-0.39, 0.29) is 30.0 Å². The van der Waals surface area contributed by atoms with E-state index in [4.69, 9.17) is 6.57 Å². The van der Waals surface area contributed by atoms with E-state index < -0.39 is 38.8 Å². The summed E-state index contributed by atoms with van der Waals surface area (Å²) in [5, 5.41) is 9.39. The van der Waals surface area contributed by atoms with E-state index in [1.165, 1.54) is 6.07 Å². The molecule has 1 N–H and O–H groups in total. The molecule has 1 aromatic rings. The van der Waals surface area contributed by atoms with Gasteiger partial charge >= 0.3 is 6.18 Å². The van der Waals surface area contributed by atoms with Crippen LogP contribution >= 0.6 is 0 Å². The third-order valence-corrected chi connectivity index (χ3v) is 8.17. The number of rotatable bonds is 1. The molecule has 4 rings (SSSR count). The van der Waals surface area contributed by atoms with Crippen LogP contribution in [0.5, 0.6) is 0 Å². The Morgan fingerprint density at radius 3 is 2.60 bits per heavy atom. The van der Waals surface area contributed by atoms with Gasteiger partial charge in [-0.3, -0.25) is 4.31 Å². The van der Waals surface area contributed by atoms with Crippen LogP contribution in [0.1, 0.15) is 18.4 Å². The Morgan fingerprint density at radius 2 is 1.96 bits per heavy atom. The van der Waals surface area contributed by atoms with E-state index >= 15 is 0 Å². The summed E-state index contributed by atoms with van der Waals surface area (Å²) in [6.07, 6.45) is -4.17. The van der Waals surface area contributed by atoms with Crippen LogP contribution in [-0.2, 0) is 16.2 Å². The zero-order valence-corrected chi connectivity index (χ0v) is 13.8. The van der Waals surface area contributed by atoms with E-state index in [2.05, 4.69) is 4.85 Å². The predicted octanol–water partition coefficient (Wildman–Crippen LogP) is 2.79. The van der Waals surface area contributed by atoms with Gasteiger partial charge in [0, 0.05) is 18.2 Å². The maximum Gasteiger partial charge on any atom is 0.407 e. The molecule has 5 nitrogen and oxygen atoms in total. The molecular formula is C16H15F3N2O3S. The van der Waals surface area contributed by atoms with Crippen LogP contribution in [0, 0.1) is 24.3 Å². The van der Waals surface area contributed by atoms with Crippen molar-refractivity contribution in [2.45, 2.75) is 30.4 Å². The molecule has 134 valence electrons. The summed E-state index contributed by atoms with van der Waals surface area (Å²) in [7, 11) is -3.78. The third kappa shape index (κ3) is 2.27. The molecule has 0 spiro atoms. The molecule has 1 saturated heterocycles. The van der Waals surface area contributed by atoms with Crippen molar-refractivity contribution in [1.29, 1.82) is 0 Å². The van der Waals surface area contributed by atoms with E-state index in [0.29, 0.717) is 12.8 Å². The molecule has 0 radical (unpaired) electrons. The van der Waals surface area contributed by atoms with Gasteiger partial charge < -0.3 is 5.11 Å². The number of anilines is 1. The molecule has 2 saturated carbocycles. The highest BCUT2D eigenvalue weighted by molar-refractivity contribution is 7.93. The fraction of sp³-hybridized carbons (Fsp3) is 0.562. The average Bonchev–Trinajstić information content (AvgIpc) is 3.15. The van der Waals surface area contributed by atoms with Crippen LogP contribution in [-0.4, -0.2) is 31.4 Å². The van der Waals surface area contributed by atoms with Gasteiger partial charge in [-0.05, 0) is 36.8 Å². The number of benzene rings is 1. The number of alkyl halides is 3. The summed E-state index contributed by atoms with van der Waals surface area (Å²) in [6.45, 7) is 6.96. The van der Waals surface area contributed by atoms with Gasteiger partial charge in [0.25, 0.3) is 0 Å². The van der Waals surface area contributed by atoms with Gasteiger partial charge in [0.15, 0.2) is 5.69 Å². The van der Waals surface area contributed by atoms with Crippen LogP contribution in [0.4, 0.5) is 24.5 Å². The number of nitrogens with zero attached hydrogens (tertiary/aromatic N) is 2. The summed E-state index contributed by atoms with van der Waals surface area (Å²) >= 11 is 0. The van der Waals surface area contributed by atoms with E-state index in [1.54, 1.807) is 0 Å². The number of aliphatic hydroxyl groups excluding tert-OH is 1. The van der Waals surface area contributed by atoms with Crippen molar-refractivity contribution in [3.8, 4) is 0 Å². The first-order valence-corrected chi connectivity index (χ1v) is 9.43. The maximum atomic E-state index is 13.2. The minimum atomic E-state index is -4.73. The Labute approximate surface area is 142 Å². The number of sulfonamides is 1. The zero-order chi connectivity index (χ0) is 18.1. The van der Waals surface area contributed by atoms with Crippen molar-refractivity contribution in [1.82, 2.24) is 0 Å². The van der Waals surface area contributed by atoms with Gasteiger partial charge in [-0.1, -0.05) is 6.07 Å². The van der Waals surface area contributed by atoms with Gasteiger partial charge in [-0.15, -0.1) is 0 Å². The summed E-state index contributed by atoms with van der Waals surface area (Å²) in [5.41, 5.74) is -1.75. The van der Waals surface area contributed by atoms with Gasteiger partial charge in [0.05, 0.1) is 23.5 Å². The molecule has 2 aliphatic carbocycles. The zero-order valence-electron chi connectivity index (χ0n) is 12.9. The van der Waals surface area contributed by atoms with E-state index in [1.807, 2.05) is 0 Å². The standard InChI is InChI=1S/C16H15F3N2O3S/c1-20-13-3-2-9(6-12(13)16(17,18)19)21-7-11-10-4-8(5-14(10)22)15(11)25(21,23)24/h2-3,6,8,10-11,14-15,22H,4-5,7H2/t8-,10+,11+,14-,15-/m0/s1. The smallest absolute Gasteiger partial charge is 0.393 e. The number of halogens is 3. The summed E-state index contributed by atoms with van der Waals surface area (Å²) in [5.74, 6) is -0.502. The van der Waals surface area contributed by atoms with Crippen molar-refractivity contribution in [2.75, 3.05) is 10.8 Å². The quantitative estimate of drug-likeness (QED) is 0.771. The maximum absolute atomic E-state index is 13.2. The van der Waals surface area contributed by atoms with Gasteiger partial charge in [-0.25, -0.2) is 13.3 Å². The van der Waals surface area contributed by atoms with Crippen molar-refractivity contribution in [3.05, 3.63) is 35.2 Å². The SMILES string of the molecule is [C-]#[N+]c1ccc(N2C[C@@H]3[C@H]4C[C@@H](C[C@@H]4O)[C@@H]3S2(=O)=O)cc1C(F)(F)F. The highest BCUT2D eigenvalue weighted by atomic mass is 32.2. The lowest BCUT2D eigenvalue weighted by molar-refractivity contribution is -0.136. The summed E-state index contributed by atoms with van der Waals surface area (Å²) in [4.78, 5) is 2.87. The minimum Gasteiger partial charge on any atom is -0.393 e. The molecule has 3 fully saturated rings. The minimum absolute atomic E-state index is 0.0667. The van der Waals surface area contributed by atoms with Crippen molar-refractivity contribution in [2.24, 2.45) is 17.8 Å². The van der Waals surface area contributed by atoms with Gasteiger partial charge in [0.2, 0.25) is 10.0 Å². The highest BCUT2D eigenvalue weighted by Crippen LogP contribution is 2.56. The molecule has 25 heavy (non-hydrogen) atoms. The van der Waals surface area contributed by atoms with E-state index in [9.17, 15) is 26.7 Å². The molecule has 0 aromatic heterocycles. The Bertz CT molecular complexity index is 878. The van der Waals surface area contributed by atoms with Crippen LogP contribution in [0.25, 0.3) is 4.85 Å². The Morgan fingerprint density at radius 1 is 1.24 bits per heavy atom. The molecule has 3 aliphatic rings. The van der Waals surface area contributed by atoms with Crippen LogP contribution in [0.3, 0.4) is 0 Å². The molecule has 2 bridgehead atoms. The first-order chi connectivity index (χ1) is 11.6. The molecule has 1 aliphatic heterocycles. The van der Waals surface area contributed by atoms with Crippen molar-refractivity contribution < 1.29 is 26.7 Å². The predicted molar refractivity (Wildman–Crippen MR) is 83.5 cm³/mol. The molecule has 0 unspecified atom stereocenters. The average molecular weight is 372 g/mol. The molecular weight excluding hydrogens is 357 g/mol. The molecule has 1 aromatic carbocycles. The van der Waals surface area contributed by atoms with Crippen molar-refractivity contribution >= 4 is 21.4 Å². The first kappa shape index (κ1) is 16.7. The molecule has 9 heteroatoms. The summed E-state index contributed by atoms with van der Waals surface area (Å²) < 4.78 is 66.3. The normalized spacial score (nSPS) is 35.6. The monoisotopic (exact) mass is 372 g/mol. The van der Waals surface area contributed by atoms with Crippen LogP contribution < -0.4 is 4.31 Å². The largest absolute Gasteiger partial charge is 0.407 e. The lowest BCUT2D eigenvalue weighted by Crippen LogP contribution is -2.36. The molecule has 5 atom stereocenters. The number of hydrogen-bond donors (Lipinski definition) is 1. The van der Waals surface area contributed by atoms with Crippen LogP contribution in [0.15, 0.2) is 18.2 Å².